The Bertz CT molecular complexity index is 842. The molecule has 2 fully saturated rings. The molecule has 0 radical (unpaired) electrons. The van der Waals surface area contributed by atoms with Crippen LogP contribution in [-0.4, -0.2) is 42.3 Å². The molecule has 0 N–H and O–H groups in total. The van der Waals surface area contributed by atoms with Gasteiger partial charge in [0.15, 0.2) is 15.0 Å². The fourth-order valence-electron chi connectivity index (χ4n) is 3.33. The second-order valence-corrected chi connectivity index (χ2v) is 11.2. The van der Waals surface area contributed by atoms with Gasteiger partial charge in [0.1, 0.15) is 0 Å². The number of carbonyl (C=O) groups excluding carboxylic acids is 1. The van der Waals surface area contributed by atoms with Gasteiger partial charge in [-0.25, -0.2) is 8.42 Å². The number of hydrogen-bond acceptors (Lipinski definition) is 4. The van der Waals surface area contributed by atoms with Crippen molar-refractivity contribution in [1.29, 1.82) is 0 Å². The molecule has 2 atom stereocenters. The zero-order valence-electron chi connectivity index (χ0n) is 14.6. The number of aliphatic imine (C=N–C) groups is 1. The van der Waals surface area contributed by atoms with E-state index in [-0.39, 0.29) is 34.6 Å². The van der Waals surface area contributed by atoms with E-state index < -0.39 is 9.84 Å². The molecular formula is C17H21BrN2O3S2. The minimum atomic E-state index is -3.06. The molecule has 0 bridgehead atoms. The van der Waals surface area contributed by atoms with Gasteiger partial charge in [0.25, 0.3) is 5.91 Å². The van der Waals surface area contributed by atoms with Crippen molar-refractivity contribution < 1.29 is 13.2 Å². The first-order valence-electron chi connectivity index (χ1n) is 8.14. The number of fused-ring (bicyclic) bond motifs is 1. The van der Waals surface area contributed by atoms with Crippen LogP contribution in [0, 0.1) is 19.8 Å². The molecule has 25 heavy (non-hydrogen) atoms. The van der Waals surface area contributed by atoms with E-state index in [0.29, 0.717) is 5.17 Å². The molecule has 1 aromatic rings. The molecule has 2 heterocycles. The van der Waals surface area contributed by atoms with Crippen LogP contribution in [0.5, 0.6) is 0 Å². The number of benzene rings is 1. The van der Waals surface area contributed by atoms with Gasteiger partial charge in [-0.15, -0.1) is 0 Å². The van der Waals surface area contributed by atoms with Crippen LogP contribution in [0.3, 0.4) is 0 Å². The number of aryl methyl sites for hydroxylation is 2. The number of sulfone groups is 1. The number of thioether (sulfide) groups is 1. The molecule has 1 aromatic carbocycles. The molecule has 136 valence electrons. The standard InChI is InChI=1S/C17H21BrN2O3S2/c1-9(2)16(21)19-17-20(13-7-25(22,23)8-14(13)24-17)15-10(3)5-12(18)6-11(15)4/h5-6,9,13-14H,7-8H2,1-4H3/t13-,14+/m1/s1. The average molecular weight is 445 g/mol. The largest absolute Gasteiger partial charge is 0.315 e. The summed E-state index contributed by atoms with van der Waals surface area (Å²) in [5, 5.41) is 0.545. The van der Waals surface area contributed by atoms with E-state index >= 15 is 0 Å². The summed E-state index contributed by atoms with van der Waals surface area (Å²) >= 11 is 4.92. The van der Waals surface area contributed by atoms with Gasteiger partial charge in [0, 0.05) is 21.3 Å². The molecular weight excluding hydrogens is 424 g/mol. The molecule has 3 rings (SSSR count). The normalized spacial score (nSPS) is 26.5. The van der Waals surface area contributed by atoms with Gasteiger partial charge in [-0.05, 0) is 37.1 Å². The zero-order chi connectivity index (χ0) is 18.5. The lowest BCUT2D eigenvalue weighted by atomic mass is 10.1. The highest BCUT2D eigenvalue weighted by Crippen LogP contribution is 2.43. The molecule has 1 amide bonds. The number of nitrogens with zero attached hydrogens (tertiary/aromatic N) is 2. The summed E-state index contributed by atoms with van der Waals surface area (Å²) in [6, 6.07) is 3.84. The maximum atomic E-state index is 12.2. The number of carbonyl (C=O) groups is 1. The zero-order valence-corrected chi connectivity index (χ0v) is 17.8. The number of amides is 1. The van der Waals surface area contributed by atoms with Crippen LogP contribution >= 0.6 is 27.7 Å². The molecule has 0 aliphatic carbocycles. The highest BCUT2D eigenvalue weighted by Gasteiger charge is 2.50. The van der Waals surface area contributed by atoms with Crippen molar-refractivity contribution >= 4 is 54.3 Å². The molecule has 0 saturated carbocycles. The topological polar surface area (TPSA) is 66.8 Å². The van der Waals surface area contributed by atoms with Crippen molar-refractivity contribution in [2.24, 2.45) is 10.9 Å². The summed E-state index contributed by atoms with van der Waals surface area (Å²) in [5.41, 5.74) is 3.01. The van der Waals surface area contributed by atoms with Gasteiger partial charge in [0.2, 0.25) is 0 Å². The van der Waals surface area contributed by atoms with Gasteiger partial charge in [-0.2, -0.15) is 4.99 Å². The Hall–Kier alpha value is -0.860. The van der Waals surface area contributed by atoms with E-state index in [9.17, 15) is 13.2 Å². The van der Waals surface area contributed by atoms with E-state index in [1.807, 2.05) is 44.7 Å². The van der Waals surface area contributed by atoms with Gasteiger partial charge in [-0.1, -0.05) is 41.5 Å². The van der Waals surface area contributed by atoms with Crippen molar-refractivity contribution in [1.82, 2.24) is 0 Å². The Morgan fingerprint density at radius 1 is 1.28 bits per heavy atom. The monoisotopic (exact) mass is 444 g/mol. The number of anilines is 1. The summed E-state index contributed by atoms with van der Waals surface area (Å²) < 4.78 is 25.2. The number of halogens is 1. The third kappa shape index (κ3) is 3.66. The van der Waals surface area contributed by atoms with Crippen LogP contribution in [0.25, 0.3) is 0 Å². The summed E-state index contributed by atoms with van der Waals surface area (Å²) in [5.74, 6) is -0.120. The predicted molar refractivity (Wildman–Crippen MR) is 107 cm³/mol. The van der Waals surface area contributed by atoms with Crippen LogP contribution in [0.15, 0.2) is 21.6 Å². The lowest BCUT2D eigenvalue weighted by Gasteiger charge is -2.28. The van der Waals surface area contributed by atoms with E-state index in [4.69, 9.17) is 0 Å². The average Bonchev–Trinajstić information content (AvgIpc) is 2.90. The summed E-state index contributed by atoms with van der Waals surface area (Å²) in [6.07, 6.45) is 0. The molecule has 0 spiro atoms. The first-order valence-corrected chi connectivity index (χ1v) is 11.6. The Kier molecular flexibility index (Phi) is 5.07. The maximum Gasteiger partial charge on any atom is 0.250 e. The van der Waals surface area contributed by atoms with E-state index in [0.717, 1.165) is 21.3 Å². The Balaban J connectivity index is 2.12. The quantitative estimate of drug-likeness (QED) is 0.699. The molecule has 5 nitrogen and oxygen atoms in total. The molecule has 8 heteroatoms. The lowest BCUT2D eigenvalue weighted by Crippen LogP contribution is -2.38. The van der Waals surface area contributed by atoms with Crippen LogP contribution in [0.2, 0.25) is 0 Å². The number of hydrogen-bond donors (Lipinski definition) is 0. The van der Waals surface area contributed by atoms with Crippen molar-refractivity contribution in [3.05, 3.63) is 27.7 Å². The summed E-state index contributed by atoms with van der Waals surface area (Å²) in [4.78, 5) is 18.5. The van der Waals surface area contributed by atoms with Crippen molar-refractivity contribution in [2.75, 3.05) is 16.4 Å². The Morgan fingerprint density at radius 3 is 2.44 bits per heavy atom. The maximum absolute atomic E-state index is 12.2. The first kappa shape index (κ1) is 18.9. The molecule has 2 aliphatic rings. The van der Waals surface area contributed by atoms with Crippen molar-refractivity contribution in [3.8, 4) is 0 Å². The fourth-order valence-corrected chi connectivity index (χ4v) is 7.92. The van der Waals surface area contributed by atoms with Crippen LogP contribution in [0.4, 0.5) is 5.69 Å². The first-order chi connectivity index (χ1) is 11.6. The van der Waals surface area contributed by atoms with Crippen LogP contribution in [-0.2, 0) is 14.6 Å². The van der Waals surface area contributed by atoms with Gasteiger partial charge < -0.3 is 4.90 Å². The number of rotatable bonds is 2. The van der Waals surface area contributed by atoms with E-state index in [1.165, 1.54) is 11.8 Å². The summed E-state index contributed by atoms with van der Waals surface area (Å²) in [7, 11) is -3.06. The van der Waals surface area contributed by atoms with Crippen LogP contribution < -0.4 is 4.90 Å². The van der Waals surface area contributed by atoms with Crippen molar-refractivity contribution in [2.45, 2.75) is 39.0 Å². The Morgan fingerprint density at radius 2 is 1.88 bits per heavy atom. The highest BCUT2D eigenvalue weighted by atomic mass is 79.9. The predicted octanol–water partition coefficient (Wildman–Crippen LogP) is 3.32. The molecule has 2 aliphatic heterocycles. The summed E-state index contributed by atoms with van der Waals surface area (Å²) in [6.45, 7) is 7.63. The second kappa shape index (κ2) is 6.70. The molecule has 0 aromatic heterocycles. The third-order valence-corrected chi connectivity index (χ3v) is 8.13. The van der Waals surface area contributed by atoms with E-state index in [2.05, 4.69) is 20.9 Å². The van der Waals surface area contributed by atoms with Gasteiger partial charge >= 0.3 is 0 Å². The smallest absolute Gasteiger partial charge is 0.250 e. The SMILES string of the molecule is Cc1cc(Br)cc(C)c1N1C(=NC(=O)C(C)C)S[C@H]2CS(=O)(=O)C[C@H]21. The van der Waals surface area contributed by atoms with E-state index in [1.54, 1.807) is 0 Å². The second-order valence-electron chi connectivity index (χ2n) is 6.95. The third-order valence-electron chi connectivity index (χ3n) is 4.46. The fraction of sp³-hybridized carbons (Fsp3) is 0.529. The van der Waals surface area contributed by atoms with Gasteiger partial charge in [-0.3, -0.25) is 4.79 Å². The molecule has 2 saturated heterocycles. The Labute approximate surface area is 161 Å². The van der Waals surface area contributed by atoms with Gasteiger partial charge in [0.05, 0.1) is 17.5 Å². The molecule has 0 unspecified atom stereocenters. The lowest BCUT2D eigenvalue weighted by molar-refractivity contribution is -0.120. The minimum absolute atomic E-state index is 0.0776. The number of amidine groups is 1. The minimum Gasteiger partial charge on any atom is -0.315 e. The van der Waals surface area contributed by atoms with Crippen molar-refractivity contribution in [3.63, 3.8) is 0 Å². The highest BCUT2D eigenvalue weighted by molar-refractivity contribution is 9.10. The van der Waals surface area contributed by atoms with Crippen LogP contribution in [0.1, 0.15) is 25.0 Å².